The van der Waals surface area contributed by atoms with Gasteiger partial charge in [-0.2, -0.15) is 0 Å². The van der Waals surface area contributed by atoms with Gasteiger partial charge in [0.25, 0.3) is 0 Å². The van der Waals surface area contributed by atoms with Crippen LogP contribution in [0.4, 0.5) is 5.69 Å². The summed E-state index contributed by atoms with van der Waals surface area (Å²) in [6.07, 6.45) is 5.52. The predicted molar refractivity (Wildman–Crippen MR) is 167 cm³/mol. The van der Waals surface area contributed by atoms with E-state index in [0.29, 0.717) is 13.1 Å². The summed E-state index contributed by atoms with van der Waals surface area (Å²) in [6, 6.07) is 24.5. The van der Waals surface area contributed by atoms with Crippen molar-refractivity contribution in [2.45, 2.75) is 45.8 Å². The number of nitrogens with zero attached hydrogens (tertiary/aromatic N) is 2. The van der Waals surface area contributed by atoms with Gasteiger partial charge in [0, 0.05) is 46.1 Å². The van der Waals surface area contributed by atoms with Crippen molar-refractivity contribution in [2.75, 3.05) is 5.32 Å². The van der Waals surface area contributed by atoms with E-state index in [1.54, 1.807) is 0 Å². The molecule has 3 aromatic carbocycles. The maximum Gasteiger partial charge on any atom is 0.124 e. The smallest absolute Gasteiger partial charge is 0.124 e. The highest BCUT2D eigenvalue weighted by atomic mass is 35.5. The van der Waals surface area contributed by atoms with Crippen LogP contribution in [0.5, 0.6) is 0 Å². The molecule has 39 heavy (non-hydrogen) atoms. The number of aryl methyl sites for hydroxylation is 2. The van der Waals surface area contributed by atoms with Crippen molar-refractivity contribution >= 4 is 51.7 Å². The van der Waals surface area contributed by atoms with Gasteiger partial charge in [0.15, 0.2) is 0 Å². The Hall–Kier alpha value is -3.25. The van der Waals surface area contributed by atoms with Gasteiger partial charge in [-0.15, -0.1) is 0 Å². The summed E-state index contributed by atoms with van der Waals surface area (Å²) >= 11 is 18.8. The molecular weight excluding hydrogens is 543 g/mol. The van der Waals surface area contributed by atoms with E-state index in [-0.39, 0.29) is 0 Å². The van der Waals surface area contributed by atoms with Crippen LogP contribution in [-0.4, -0.2) is 14.0 Å². The fourth-order valence-electron chi connectivity index (χ4n) is 5.60. The minimum absolute atomic E-state index is 0.672. The second-order valence-corrected chi connectivity index (χ2v) is 11.3. The summed E-state index contributed by atoms with van der Waals surface area (Å²) in [5.74, 6) is 0. The first kappa shape index (κ1) is 26.0. The largest absolute Gasteiger partial charge is 0.379 e. The quantitative estimate of drug-likeness (QED) is 0.192. The van der Waals surface area contributed by atoms with Crippen LogP contribution in [0, 0.1) is 6.92 Å². The van der Waals surface area contributed by atoms with Crippen LogP contribution in [0.3, 0.4) is 0 Å². The maximum absolute atomic E-state index is 6.39. The number of hydrogen-bond donors (Lipinski definition) is 2. The average Bonchev–Trinajstić information content (AvgIpc) is 3.35. The first-order valence-electron chi connectivity index (χ1n) is 13.3. The fourth-order valence-corrected chi connectivity index (χ4v) is 6.17. The molecule has 6 rings (SSSR count). The molecule has 5 aromatic rings. The van der Waals surface area contributed by atoms with Gasteiger partial charge in [0.05, 0.1) is 17.9 Å². The molecule has 1 aliphatic rings. The topological polar surface area (TPSA) is 33.4 Å². The van der Waals surface area contributed by atoms with Crippen LogP contribution in [-0.2, 0) is 26.1 Å². The van der Waals surface area contributed by atoms with Crippen LogP contribution >= 0.6 is 35.4 Å². The molecule has 0 saturated carbocycles. The molecule has 0 bridgehead atoms. The highest BCUT2D eigenvalue weighted by Crippen LogP contribution is 2.38. The third-order valence-corrected chi connectivity index (χ3v) is 8.59. The van der Waals surface area contributed by atoms with Crippen LogP contribution < -0.4 is 10.6 Å². The second-order valence-electron chi connectivity index (χ2n) is 10.1. The van der Waals surface area contributed by atoms with Crippen LogP contribution in [0.2, 0.25) is 10.0 Å². The standard InChI is InChI=1S/C32H30Cl2N4S/c1-21-27(34)11-7-12-28(21)35-19-25-20-38-30(31(39)36-18-22-8-3-2-4-9-22)29(23-13-15-24(33)16-14-23)26-10-5-6-17-37(25)32(26)38/h2-4,7-9,11-16,20,35H,5-6,10,17-19H2,1H3,(H,36,39). The number of thiocarbonyl (C=S) groups is 1. The van der Waals surface area contributed by atoms with Gasteiger partial charge in [0.1, 0.15) is 10.6 Å². The van der Waals surface area contributed by atoms with E-state index in [1.165, 1.54) is 28.0 Å². The maximum atomic E-state index is 6.39. The lowest BCUT2D eigenvalue weighted by atomic mass is 9.98. The van der Waals surface area contributed by atoms with Crippen molar-refractivity contribution in [3.63, 3.8) is 0 Å². The molecule has 0 fully saturated rings. The molecule has 198 valence electrons. The fraction of sp³-hybridized carbons (Fsp3) is 0.219. The summed E-state index contributed by atoms with van der Waals surface area (Å²) in [5.41, 5.74) is 10.5. The Kier molecular flexibility index (Phi) is 7.39. The summed E-state index contributed by atoms with van der Waals surface area (Å²) < 4.78 is 4.78. The number of halogens is 2. The van der Waals surface area contributed by atoms with Crippen molar-refractivity contribution in [3.05, 3.63) is 117 Å². The number of anilines is 1. The zero-order valence-electron chi connectivity index (χ0n) is 21.8. The van der Waals surface area contributed by atoms with Crippen molar-refractivity contribution < 1.29 is 0 Å². The molecule has 0 saturated heterocycles. The summed E-state index contributed by atoms with van der Waals surface area (Å²) in [7, 11) is 0. The Morgan fingerprint density at radius 1 is 0.923 bits per heavy atom. The number of nitrogens with one attached hydrogen (secondary N) is 2. The van der Waals surface area contributed by atoms with E-state index in [4.69, 9.17) is 35.4 Å². The third kappa shape index (κ3) is 5.07. The van der Waals surface area contributed by atoms with Gasteiger partial charge in [-0.25, -0.2) is 0 Å². The number of aromatic nitrogens is 2. The van der Waals surface area contributed by atoms with Gasteiger partial charge in [0.2, 0.25) is 0 Å². The summed E-state index contributed by atoms with van der Waals surface area (Å²) in [4.78, 5) is 0.743. The molecule has 4 nitrogen and oxygen atoms in total. The summed E-state index contributed by atoms with van der Waals surface area (Å²) in [6.45, 7) is 4.39. The molecule has 1 aliphatic heterocycles. The van der Waals surface area contributed by atoms with Crippen molar-refractivity contribution in [2.24, 2.45) is 0 Å². The molecule has 0 atom stereocenters. The van der Waals surface area contributed by atoms with Crippen molar-refractivity contribution in [1.29, 1.82) is 0 Å². The minimum atomic E-state index is 0.672. The SMILES string of the molecule is Cc1c(Cl)cccc1NCc1cn2c(C(=S)NCc3ccccc3)c(-c3ccc(Cl)cc3)c3c2n1CCCC3. The molecule has 3 heterocycles. The monoisotopic (exact) mass is 572 g/mol. The van der Waals surface area contributed by atoms with Gasteiger partial charge in [-0.05, 0) is 67.1 Å². The molecule has 7 heteroatoms. The zero-order chi connectivity index (χ0) is 26.9. The molecule has 0 unspecified atom stereocenters. The lowest BCUT2D eigenvalue weighted by Gasteiger charge is -2.13. The Balaban J connectivity index is 1.45. The molecule has 0 spiro atoms. The van der Waals surface area contributed by atoms with E-state index < -0.39 is 0 Å². The van der Waals surface area contributed by atoms with Crippen LogP contribution in [0.15, 0.2) is 79.0 Å². The van der Waals surface area contributed by atoms with E-state index >= 15 is 0 Å². The Morgan fingerprint density at radius 2 is 1.72 bits per heavy atom. The second kappa shape index (κ2) is 11.1. The number of hydrogen-bond acceptors (Lipinski definition) is 2. The molecule has 0 aliphatic carbocycles. The summed E-state index contributed by atoms with van der Waals surface area (Å²) in [5, 5.41) is 8.68. The van der Waals surface area contributed by atoms with Gasteiger partial charge in [-0.1, -0.05) is 84.0 Å². The van der Waals surface area contributed by atoms with E-state index in [2.05, 4.69) is 75.2 Å². The number of imidazole rings is 1. The normalized spacial score (nSPS) is 12.9. The van der Waals surface area contributed by atoms with Gasteiger partial charge >= 0.3 is 0 Å². The highest BCUT2D eigenvalue weighted by Gasteiger charge is 2.27. The van der Waals surface area contributed by atoms with E-state index in [0.717, 1.165) is 63.3 Å². The first-order chi connectivity index (χ1) is 19.0. The molecule has 2 aromatic heterocycles. The molecule has 0 radical (unpaired) electrons. The zero-order valence-corrected chi connectivity index (χ0v) is 24.1. The van der Waals surface area contributed by atoms with E-state index in [1.807, 2.05) is 30.3 Å². The lowest BCUT2D eigenvalue weighted by Crippen LogP contribution is -2.23. The first-order valence-corrected chi connectivity index (χ1v) is 14.5. The third-order valence-electron chi connectivity index (χ3n) is 7.59. The molecule has 0 amide bonds. The average molecular weight is 574 g/mol. The Labute approximate surface area is 244 Å². The Bertz CT molecular complexity index is 1650. The van der Waals surface area contributed by atoms with Crippen LogP contribution in [0.25, 0.3) is 16.8 Å². The van der Waals surface area contributed by atoms with E-state index in [9.17, 15) is 0 Å². The van der Waals surface area contributed by atoms with Gasteiger partial charge < -0.3 is 15.2 Å². The number of rotatable bonds is 7. The van der Waals surface area contributed by atoms with Crippen molar-refractivity contribution in [1.82, 2.24) is 14.3 Å². The highest BCUT2D eigenvalue weighted by molar-refractivity contribution is 7.80. The van der Waals surface area contributed by atoms with Gasteiger partial charge in [-0.3, -0.25) is 4.40 Å². The molecular formula is C32H30Cl2N4S. The number of benzene rings is 3. The Morgan fingerprint density at radius 3 is 2.51 bits per heavy atom. The predicted octanol–water partition coefficient (Wildman–Crippen LogP) is 8.44. The van der Waals surface area contributed by atoms with Crippen molar-refractivity contribution in [3.8, 4) is 11.1 Å². The minimum Gasteiger partial charge on any atom is -0.379 e. The molecule has 2 N–H and O–H groups in total. The van der Waals surface area contributed by atoms with Crippen LogP contribution in [0.1, 0.15) is 40.9 Å². The lowest BCUT2D eigenvalue weighted by molar-refractivity contribution is 0.626.